The van der Waals surface area contributed by atoms with Gasteiger partial charge in [0.15, 0.2) is 0 Å². The molecule has 1 aromatic rings. The number of aliphatic carboxylic acids is 1. The summed E-state index contributed by atoms with van der Waals surface area (Å²) in [6.07, 6.45) is 0.640. The van der Waals surface area contributed by atoms with Gasteiger partial charge in [-0.3, -0.25) is 4.79 Å². The highest BCUT2D eigenvalue weighted by molar-refractivity contribution is 7.09. The zero-order chi connectivity index (χ0) is 15.3. The number of carboxylic acid groups (broad SMARTS) is 1. The average molecular weight is 299 g/mol. The number of carbonyl (C=O) groups is 2. The summed E-state index contributed by atoms with van der Waals surface area (Å²) in [6, 6.07) is -0.369. The number of amides is 2. The van der Waals surface area contributed by atoms with Crippen molar-refractivity contribution >= 4 is 23.3 Å². The van der Waals surface area contributed by atoms with E-state index in [0.29, 0.717) is 13.0 Å². The summed E-state index contributed by atoms with van der Waals surface area (Å²) in [5.41, 5.74) is 0.396. The highest BCUT2D eigenvalue weighted by Gasteiger charge is 2.28. The molecule has 0 aliphatic rings. The van der Waals surface area contributed by atoms with Gasteiger partial charge in [0.25, 0.3) is 0 Å². The molecule has 0 spiro atoms. The predicted octanol–water partition coefficient (Wildman–Crippen LogP) is 1.89. The highest BCUT2D eigenvalue weighted by atomic mass is 32.1. The van der Waals surface area contributed by atoms with Crippen molar-refractivity contribution in [1.29, 1.82) is 0 Å². The molecule has 2 N–H and O–H groups in total. The fourth-order valence-electron chi connectivity index (χ4n) is 1.66. The molecule has 0 radical (unpaired) electrons. The molecule has 0 bridgehead atoms. The van der Waals surface area contributed by atoms with E-state index < -0.39 is 11.5 Å². The van der Waals surface area contributed by atoms with Crippen LogP contribution >= 0.6 is 11.3 Å². The summed E-state index contributed by atoms with van der Waals surface area (Å²) in [5, 5.41) is 14.6. The average Bonchev–Trinajstić information content (AvgIpc) is 2.70. The molecule has 20 heavy (non-hydrogen) atoms. The van der Waals surface area contributed by atoms with Crippen LogP contribution in [-0.2, 0) is 11.2 Å². The smallest absolute Gasteiger partial charge is 0.323 e. The van der Waals surface area contributed by atoms with Gasteiger partial charge < -0.3 is 15.3 Å². The van der Waals surface area contributed by atoms with Crippen molar-refractivity contribution in [2.45, 2.75) is 39.7 Å². The molecular formula is C13H21N3O3S. The van der Waals surface area contributed by atoms with Gasteiger partial charge in [-0.2, -0.15) is 0 Å². The minimum Gasteiger partial charge on any atom is -0.480 e. The van der Waals surface area contributed by atoms with Gasteiger partial charge in [0.1, 0.15) is 6.54 Å². The molecule has 0 unspecified atom stereocenters. The molecule has 7 heteroatoms. The zero-order valence-electron chi connectivity index (χ0n) is 12.3. The van der Waals surface area contributed by atoms with Gasteiger partial charge in [0.2, 0.25) is 0 Å². The second-order valence-electron chi connectivity index (χ2n) is 5.49. The molecule has 0 saturated heterocycles. The molecule has 0 atom stereocenters. The van der Waals surface area contributed by atoms with Gasteiger partial charge in [-0.1, -0.05) is 0 Å². The van der Waals surface area contributed by atoms with Crippen LogP contribution < -0.4 is 5.32 Å². The van der Waals surface area contributed by atoms with Crippen molar-refractivity contribution in [2.24, 2.45) is 0 Å². The lowest BCUT2D eigenvalue weighted by Crippen LogP contribution is -2.52. The maximum absolute atomic E-state index is 12.1. The quantitative estimate of drug-likeness (QED) is 0.869. The van der Waals surface area contributed by atoms with E-state index in [9.17, 15) is 9.59 Å². The Kier molecular flexibility index (Phi) is 5.50. The Morgan fingerprint density at radius 2 is 2.10 bits per heavy atom. The molecule has 1 heterocycles. The molecule has 2 amide bonds. The SMILES string of the molecule is Cc1nc(CCNC(=O)N(CC(=O)O)C(C)(C)C)cs1. The third-order valence-electron chi connectivity index (χ3n) is 2.67. The normalized spacial score (nSPS) is 11.2. The Morgan fingerprint density at radius 1 is 1.45 bits per heavy atom. The first-order valence-electron chi connectivity index (χ1n) is 6.38. The molecular weight excluding hydrogens is 278 g/mol. The number of carboxylic acids is 1. The van der Waals surface area contributed by atoms with Crippen molar-refractivity contribution in [3.8, 4) is 0 Å². The van der Waals surface area contributed by atoms with Crippen LogP contribution in [0.1, 0.15) is 31.5 Å². The molecule has 0 aliphatic carbocycles. The Balaban J connectivity index is 2.52. The molecule has 0 aromatic carbocycles. The van der Waals surface area contributed by atoms with Gasteiger partial charge >= 0.3 is 12.0 Å². The van der Waals surface area contributed by atoms with Crippen LogP contribution in [0.5, 0.6) is 0 Å². The topological polar surface area (TPSA) is 82.5 Å². The van der Waals surface area contributed by atoms with Crippen LogP contribution in [0, 0.1) is 6.92 Å². The fraction of sp³-hybridized carbons (Fsp3) is 0.615. The Bertz CT molecular complexity index is 479. The summed E-state index contributed by atoms with van der Waals surface area (Å²) in [4.78, 5) is 28.5. The number of urea groups is 1. The molecule has 0 aliphatic heterocycles. The van der Waals surface area contributed by atoms with Gasteiger partial charge in [0, 0.05) is 23.9 Å². The molecule has 0 fully saturated rings. The van der Waals surface area contributed by atoms with E-state index in [1.165, 1.54) is 4.90 Å². The van der Waals surface area contributed by atoms with E-state index in [0.717, 1.165) is 10.7 Å². The highest BCUT2D eigenvalue weighted by Crippen LogP contribution is 2.13. The van der Waals surface area contributed by atoms with E-state index >= 15 is 0 Å². The Morgan fingerprint density at radius 3 is 2.55 bits per heavy atom. The van der Waals surface area contributed by atoms with Gasteiger partial charge in [-0.15, -0.1) is 11.3 Å². The number of rotatable bonds is 5. The molecule has 1 rings (SSSR count). The first-order valence-corrected chi connectivity index (χ1v) is 7.26. The summed E-state index contributed by atoms with van der Waals surface area (Å²) in [7, 11) is 0. The Labute approximate surface area is 122 Å². The van der Waals surface area contributed by atoms with Crippen LogP contribution in [0.4, 0.5) is 4.79 Å². The van der Waals surface area contributed by atoms with Crippen LogP contribution in [0.2, 0.25) is 0 Å². The second kappa shape index (κ2) is 6.69. The summed E-state index contributed by atoms with van der Waals surface area (Å²) < 4.78 is 0. The first kappa shape index (κ1) is 16.4. The zero-order valence-corrected chi connectivity index (χ0v) is 13.1. The maximum Gasteiger partial charge on any atom is 0.323 e. The van der Waals surface area contributed by atoms with Crippen molar-refractivity contribution in [1.82, 2.24) is 15.2 Å². The lowest BCUT2D eigenvalue weighted by Gasteiger charge is -2.34. The lowest BCUT2D eigenvalue weighted by atomic mass is 10.1. The monoisotopic (exact) mass is 299 g/mol. The number of hydrogen-bond acceptors (Lipinski definition) is 4. The van der Waals surface area contributed by atoms with Crippen molar-refractivity contribution < 1.29 is 14.7 Å². The minimum atomic E-state index is -1.02. The van der Waals surface area contributed by atoms with Crippen molar-refractivity contribution in [3.05, 3.63) is 16.1 Å². The van der Waals surface area contributed by atoms with Gasteiger partial charge in [-0.25, -0.2) is 9.78 Å². The standard InChI is InChI=1S/C13H21N3O3S/c1-9-15-10(8-20-9)5-6-14-12(19)16(7-11(17)18)13(2,3)4/h8H,5-7H2,1-4H3,(H,14,19)(H,17,18). The van der Waals surface area contributed by atoms with Crippen molar-refractivity contribution in [3.63, 3.8) is 0 Å². The Hall–Kier alpha value is -1.63. The third-order valence-corrected chi connectivity index (χ3v) is 3.49. The summed E-state index contributed by atoms with van der Waals surface area (Å²) >= 11 is 1.57. The number of hydrogen-bond donors (Lipinski definition) is 2. The number of nitrogens with zero attached hydrogens (tertiary/aromatic N) is 2. The van der Waals surface area contributed by atoms with E-state index in [2.05, 4.69) is 10.3 Å². The van der Waals surface area contributed by atoms with Crippen LogP contribution in [-0.4, -0.2) is 45.6 Å². The van der Waals surface area contributed by atoms with Crippen molar-refractivity contribution in [2.75, 3.05) is 13.1 Å². The number of nitrogens with one attached hydrogen (secondary N) is 1. The summed E-state index contributed by atoms with van der Waals surface area (Å²) in [6.45, 7) is 7.47. The maximum atomic E-state index is 12.1. The minimum absolute atomic E-state index is 0.314. The molecule has 112 valence electrons. The largest absolute Gasteiger partial charge is 0.480 e. The third kappa shape index (κ3) is 5.16. The van der Waals surface area contributed by atoms with Crippen LogP contribution in [0.3, 0.4) is 0 Å². The number of aryl methyl sites for hydroxylation is 1. The molecule has 0 saturated carbocycles. The van der Waals surface area contributed by atoms with Crippen LogP contribution in [0.15, 0.2) is 5.38 Å². The van der Waals surface area contributed by atoms with E-state index in [1.807, 2.05) is 12.3 Å². The lowest BCUT2D eigenvalue weighted by molar-refractivity contribution is -0.138. The van der Waals surface area contributed by atoms with Gasteiger partial charge in [0.05, 0.1) is 10.7 Å². The first-order chi connectivity index (χ1) is 9.20. The van der Waals surface area contributed by atoms with Gasteiger partial charge in [-0.05, 0) is 27.7 Å². The number of thiazole rings is 1. The number of aromatic nitrogens is 1. The fourth-order valence-corrected chi connectivity index (χ4v) is 2.31. The van der Waals surface area contributed by atoms with Crippen LogP contribution in [0.25, 0.3) is 0 Å². The van der Waals surface area contributed by atoms with E-state index in [-0.39, 0.29) is 12.6 Å². The molecule has 6 nitrogen and oxygen atoms in total. The summed E-state index contributed by atoms with van der Waals surface area (Å²) in [5.74, 6) is -1.02. The van der Waals surface area contributed by atoms with E-state index in [4.69, 9.17) is 5.11 Å². The molecule has 1 aromatic heterocycles. The van der Waals surface area contributed by atoms with E-state index in [1.54, 1.807) is 32.1 Å². The predicted molar refractivity (Wildman–Crippen MR) is 78.0 cm³/mol. The number of carbonyl (C=O) groups excluding carboxylic acids is 1. The second-order valence-corrected chi connectivity index (χ2v) is 6.55.